The van der Waals surface area contributed by atoms with Crippen molar-refractivity contribution in [3.63, 3.8) is 0 Å². The van der Waals surface area contributed by atoms with Crippen molar-refractivity contribution in [3.8, 4) is 5.75 Å². The van der Waals surface area contributed by atoms with Gasteiger partial charge in [-0.25, -0.2) is 0 Å². The van der Waals surface area contributed by atoms with Gasteiger partial charge in [-0.3, -0.25) is 4.79 Å². The van der Waals surface area contributed by atoms with Crippen molar-refractivity contribution in [1.29, 1.82) is 0 Å². The second-order valence-electron chi connectivity index (χ2n) is 6.99. The predicted molar refractivity (Wildman–Crippen MR) is 105 cm³/mol. The maximum absolute atomic E-state index is 12.1. The lowest BCUT2D eigenvalue weighted by Crippen LogP contribution is -2.33. The summed E-state index contributed by atoms with van der Waals surface area (Å²) in [5, 5.41) is 2.79. The predicted octanol–water partition coefficient (Wildman–Crippen LogP) is 4.66. The van der Waals surface area contributed by atoms with Gasteiger partial charge in [-0.05, 0) is 42.2 Å². The number of hydrogen-bond donors (Lipinski definition) is 1. The molecule has 25 heavy (non-hydrogen) atoms. The second-order valence-corrected chi connectivity index (χ2v) is 8.40. The summed E-state index contributed by atoms with van der Waals surface area (Å²) in [7, 11) is 0. The Labute approximate surface area is 155 Å². The van der Waals surface area contributed by atoms with Crippen LogP contribution in [0.15, 0.2) is 59.5 Å². The zero-order chi connectivity index (χ0) is 18.3. The van der Waals surface area contributed by atoms with Crippen molar-refractivity contribution < 1.29 is 9.53 Å². The molecule has 4 heteroatoms. The Bertz CT molecular complexity index is 663. The van der Waals surface area contributed by atoms with Gasteiger partial charge in [0.05, 0.1) is 11.8 Å². The molecule has 0 aliphatic heterocycles. The van der Waals surface area contributed by atoms with Gasteiger partial charge < -0.3 is 10.1 Å². The molecule has 0 aliphatic carbocycles. The van der Waals surface area contributed by atoms with E-state index in [1.54, 1.807) is 11.8 Å². The minimum Gasteiger partial charge on any atom is -0.492 e. The lowest BCUT2D eigenvalue weighted by Gasteiger charge is -2.19. The highest BCUT2D eigenvalue weighted by molar-refractivity contribution is 8.00. The van der Waals surface area contributed by atoms with Gasteiger partial charge in [0, 0.05) is 4.90 Å². The fourth-order valence-electron chi connectivity index (χ4n) is 2.29. The van der Waals surface area contributed by atoms with Crippen molar-refractivity contribution >= 4 is 17.7 Å². The molecular formula is C21H27NO2S. The Morgan fingerprint density at radius 3 is 2.32 bits per heavy atom. The number of carbonyl (C=O) groups excluding carboxylic acids is 1. The van der Waals surface area contributed by atoms with Gasteiger partial charge in [-0.15, -0.1) is 11.8 Å². The van der Waals surface area contributed by atoms with E-state index in [0.29, 0.717) is 13.2 Å². The molecule has 2 aromatic rings. The Morgan fingerprint density at radius 1 is 1.08 bits per heavy atom. The minimum atomic E-state index is -0.131. The first-order valence-electron chi connectivity index (χ1n) is 8.59. The molecule has 3 nitrogen and oxygen atoms in total. The molecule has 0 radical (unpaired) electrons. The van der Waals surface area contributed by atoms with Crippen LogP contribution in [0.3, 0.4) is 0 Å². The monoisotopic (exact) mass is 357 g/mol. The Kier molecular flexibility index (Phi) is 6.94. The first kappa shape index (κ1) is 19.4. The molecular weight excluding hydrogens is 330 g/mol. The molecule has 0 saturated carbocycles. The standard InChI is InChI=1S/C21H27NO2S/c1-16(25-19-8-6-5-7-9-19)20(23)22-14-15-24-18-12-10-17(11-13-18)21(2,3)4/h5-13,16H,14-15H2,1-4H3,(H,22,23)/t16-/m0/s1. The van der Waals surface area contributed by atoms with Gasteiger partial charge in [-0.2, -0.15) is 0 Å². The molecule has 1 atom stereocenters. The van der Waals surface area contributed by atoms with Crippen LogP contribution in [0.5, 0.6) is 5.75 Å². The molecule has 134 valence electrons. The second kappa shape index (κ2) is 8.95. The maximum Gasteiger partial charge on any atom is 0.233 e. The molecule has 1 N–H and O–H groups in total. The van der Waals surface area contributed by atoms with Gasteiger partial charge in [-0.1, -0.05) is 51.1 Å². The Balaban J connectivity index is 1.70. The molecule has 0 aliphatic rings. The van der Waals surface area contributed by atoms with E-state index in [1.807, 2.05) is 49.4 Å². The number of ether oxygens (including phenoxy) is 1. The Morgan fingerprint density at radius 2 is 1.72 bits per heavy atom. The van der Waals surface area contributed by atoms with E-state index in [4.69, 9.17) is 4.74 Å². The molecule has 1 amide bonds. The maximum atomic E-state index is 12.1. The Hall–Kier alpha value is -1.94. The van der Waals surface area contributed by atoms with E-state index in [9.17, 15) is 4.79 Å². The third-order valence-corrected chi connectivity index (χ3v) is 4.93. The smallest absolute Gasteiger partial charge is 0.233 e. The van der Waals surface area contributed by atoms with Crippen molar-refractivity contribution in [3.05, 3.63) is 60.2 Å². The van der Waals surface area contributed by atoms with Gasteiger partial charge in [0.2, 0.25) is 5.91 Å². The average Bonchev–Trinajstić information content (AvgIpc) is 2.59. The largest absolute Gasteiger partial charge is 0.492 e. The minimum absolute atomic E-state index is 0.0283. The summed E-state index contributed by atoms with van der Waals surface area (Å²) in [4.78, 5) is 13.2. The number of nitrogens with one attached hydrogen (secondary N) is 1. The summed E-state index contributed by atoms with van der Waals surface area (Å²) < 4.78 is 5.70. The number of thioether (sulfide) groups is 1. The molecule has 0 fully saturated rings. The summed E-state index contributed by atoms with van der Waals surface area (Å²) in [6.07, 6.45) is 0. The van der Waals surface area contributed by atoms with E-state index in [-0.39, 0.29) is 16.6 Å². The zero-order valence-electron chi connectivity index (χ0n) is 15.4. The highest BCUT2D eigenvalue weighted by Crippen LogP contribution is 2.24. The van der Waals surface area contributed by atoms with Crippen LogP contribution in [-0.4, -0.2) is 24.3 Å². The van der Waals surface area contributed by atoms with E-state index < -0.39 is 0 Å². The SMILES string of the molecule is C[C@H](Sc1ccccc1)C(=O)NCCOc1ccc(C(C)(C)C)cc1. The fourth-order valence-corrected chi connectivity index (χ4v) is 3.21. The van der Waals surface area contributed by atoms with Crippen LogP contribution in [-0.2, 0) is 10.2 Å². The first-order chi connectivity index (χ1) is 11.9. The normalized spacial score (nSPS) is 12.5. The molecule has 2 rings (SSSR count). The number of hydrogen-bond acceptors (Lipinski definition) is 3. The average molecular weight is 358 g/mol. The molecule has 0 aromatic heterocycles. The van der Waals surface area contributed by atoms with Crippen molar-refractivity contribution in [2.75, 3.05) is 13.2 Å². The number of carbonyl (C=O) groups is 1. The molecule has 2 aromatic carbocycles. The van der Waals surface area contributed by atoms with E-state index in [0.717, 1.165) is 10.6 Å². The molecule has 0 unspecified atom stereocenters. The first-order valence-corrected chi connectivity index (χ1v) is 9.47. The van der Waals surface area contributed by atoms with Crippen LogP contribution in [0.1, 0.15) is 33.3 Å². The molecule has 0 spiro atoms. The van der Waals surface area contributed by atoms with Crippen molar-refractivity contribution in [2.24, 2.45) is 0 Å². The van der Waals surface area contributed by atoms with Crippen LogP contribution in [0.4, 0.5) is 0 Å². The van der Waals surface area contributed by atoms with Gasteiger partial charge >= 0.3 is 0 Å². The number of rotatable bonds is 7. The third-order valence-electron chi connectivity index (χ3n) is 3.82. The van der Waals surface area contributed by atoms with Crippen LogP contribution >= 0.6 is 11.8 Å². The topological polar surface area (TPSA) is 38.3 Å². The van der Waals surface area contributed by atoms with E-state index in [1.165, 1.54) is 5.56 Å². The lowest BCUT2D eigenvalue weighted by molar-refractivity contribution is -0.120. The van der Waals surface area contributed by atoms with Crippen molar-refractivity contribution in [2.45, 2.75) is 43.3 Å². The molecule has 0 heterocycles. The van der Waals surface area contributed by atoms with E-state index >= 15 is 0 Å². The van der Waals surface area contributed by atoms with Crippen LogP contribution in [0, 0.1) is 0 Å². The summed E-state index contributed by atoms with van der Waals surface area (Å²) >= 11 is 1.56. The molecule has 0 bridgehead atoms. The number of benzene rings is 2. The third kappa shape index (κ3) is 6.46. The molecule has 0 saturated heterocycles. The quantitative estimate of drug-likeness (QED) is 0.578. The highest BCUT2D eigenvalue weighted by atomic mass is 32.2. The van der Waals surface area contributed by atoms with E-state index in [2.05, 4.69) is 38.2 Å². The summed E-state index contributed by atoms with van der Waals surface area (Å²) in [6, 6.07) is 18.1. The van der Waals surface area contributed by atoms with Gasteiger partial charge in [0.25, 0.3) is 0 Å². The van der Waals surface area contributed by atoms with Crippen LogP contribution < -0.4 is 10.1 Å². The summed E-state index contributed by atoms with van der Waals surface area (Å²) in [6.45, 7) is 9.44. The van der Waals surface area contributed by atoms with Crippen molar-refractivity contribution in [1.82, 2.24) is 5.32 Å². The lowest BCUT2D eigenvalue weighted by atomic mass is 9.87. The van der Waals surface area contributed by atoms with Gasteiger partial charge in [0.15, 0.2) is 0 Å². The number of amides is 1. The fraction of sp³-hybridized carbons (Fsp3) is 0.381. The summed E-state index contributed by atoms with van der Waals surface area (Å²) in [5.41, 5.74) is 1.42. The zero-order valence-corrected chi connectivity index (χ0v) is 16.2. The van der Waals surface area contributed by atoms with Gasteiger partial charge in [0.1, 0.15) is 12.4 Å². The summed E-state index contributed by atoms with van der Waals surface area (Å²) in [5.74, 6) is 0.856. The highest BCUT2D eigenvalue weighted by Gasteiger charge is 2.14. The van der Waals surface area contributed by atoms with Crippen LogP contribution in [0.2, 0.25) is 0 Å². The van der Waals surface area contributed by atoms with Crippen LogP contribution in [0.25, 0.3) is 0 Å².